The first-order valence-electron chi connectivity index (χ1n) is 8.43. The van der Waals surface area contributed by atoms with E-state index in [0.29, 0.717) is 29.2 Å². The van der Waals surface area contributed by atoms with Crippen LogP contribution in [0.3, 0.4) is 0 Å². The molecule has 144 valence electrons. The van der Waals surface area contributed by atoms with Crippen LogP contribution in [-0.2, 0) is 23.5 Å². The molecule has 3 rings (SSSR count). The van der Waals surface area contributed by atoms with Crippen molar-refractivity contribution in [2.24, 2.45) is 7.05 Å². The molecule has 1 aromatic carbocycles. The van der Waals surface area contributed by atoms with Gasteiger partial charge in [0.05, 0.1) is 11.3 Å². The van der Waals surface area contributed by atoms with Crippen LogP contribution in [0.4, 0.5) is 10.1 Å². The third kappa shape index (κ3) is 3.34. The fourth-order valence-electron chi connectivity index (χ4n) is 2.91. The largest absolute Gasteiger partial charge is 0.350 e. The third-order valence-corrected chi connectivity index (χ3v) is 6.08. The summed E-state index contributed by atoms with van der Waals surface area (Å²) in [4.78, 5) is 4.26. The second kappa shape index (κ2) is 6.80. The molecule has 0 amide bonds. The van der Waals surface area contributed by atoms with Crippen molar-refractivity contribution in [3.63, 3.8) is 0 Å². The van der Waals surface area contributed by atoms with Gasteiger partial charge in [-0.1, -0.05) is 18.1 Å². The molecular weight excluding hydrogens is 371 g/mol. The van der Waals surface area contributed by atoms with Crippen molar-refractivity contribution in [2.45, 2.75) is 39.0 Å². The zero-order valence-electron chi connectivity index (χ0n) is 15.8. The Morgan fingerprint density at radius 2 is 1.93 bits per heavy atom. The highest BCUT2D eigenvalue weighted by Crippen LogP contribution is 2.35. The van der Waals surface area contributed by atoms with E-state index in [9.17, 15) is 12.8 Å². The molecule has 9 heteroatoms. The highest BCUT2D eigenvalue weighted by atomic mass is 32.2. The van der Waals surface area contributed by atoms with Crippen LogP contribution in [0.25, 0.3) is 11.5 Å². The average molecular weight is 392 g/mol. The van der Waals surface area contributed by atoms with E-state index in [-0.39, 0.29) is 16.5 Å². The Bertz CT molecular complexity index is 1120. The van der Waals surface area contributed by atoms with Gasteiger partial charge in [-0.25, -0.2) is 12.8 Å². The van der Waals surface area contributed by atoms with Crippen LogP contribution in [-0.4, -0.2) is 23.1 Å². The van der Waals surface area contributed by atoms with Gasteiger partial charge in [0.2, 0.25) is 0 Å². The first-order chi connectivity index (χ1) is 12.7. The molecule has 0 saturated heterocycles. The van der Waals surface area contributed by atoms with E-state index in [4.69, 9.17) is 4.52 Å². The fourth-order valence-corrected chi connectivity index (χ4v) is 4.49. The summed E-state index contributed by atoms with van der Waals surface area (Å²) in [6.07, 6.45) is 0.559. The minimum atomic E-state index is -4.10. The zero-order chi connectivity index (χ0) is 19.9. The van der Waals surface area contributed by atoms with Gasteiger partial charge in [0.1, 0.15) is 10.7 Å². The molecule has 0 atom stereocenters. The molecule has 0 unspecified atom stereocenters. The second-order valence-corrected chi connectivity index (χ2v) is 8.01. The van der Waals surface area contributed by atoms with Gasteiger partial charge in [0, 0.05) is 24.9 Å². The van der Waals surface area contributed by atoms with Crippen LogP contribution >= 0.6 is 0 Å². The van der Waals surface area contributed by atoms with Crippen molar-refractivity contribution in [1.82, 2.24) is 14.7 Å². The van der Waals surface area contributed by atoms with Gasteiger partial charge in [0.15, 0.2) is 5.82 Å². The van der Waals surface area contributed by atoms with Crippen LogP contribution in [0.2, 0.25) is 0 Å². The van der Waals surface area contributed by atoms with Crippen LogP contribution in [0, 0.1) is 26.6 Å². The molecule has 1 N–H and O–H groups in total. The van der Waals surface area contributed by atoms with Crippen molar-refractivity contribution < 1.29 is 17.3 Å². The molecule has 27 heavy (non-hydrogen) atoms. The number of sulfonamides is 1. The Morgan fingerprint density at radius 1 is 1.22 bits per heavy atom. The number of nitrogens with zero attached hydrogens (tertiary/aromatic N) is 3. The Kier molecular flexibility index (Phi) is 4.81. The van der Waals surface area contributed by atoms with Crippen LogP contribution in [0.15, 0.2) is 27.6 Å². The van der Waals surface area contributed by atoms with Crippen LogP contribution < -0.4 is 4.72 Å². The van der Waals surface area contributed by atoms with Crippen molar-refractivity contribution in [3.8, 4) is 11.5 Å². The van der Waals surface area contributed by atoms with E-state index in [1.807, 2.05) is 6.92 Å². The van der Waals surface area contributed by atoms with Gasteiger partial charge in [-0.2, -0.15) is 4.98 Å². The highest BCUT2D eigenvalue weighted by Gasteiger charge is 2.31. The van der Waals surface area contributed by atoms with Gasteiger partial charge < -0.3 is 9.09 Å². The van der Waals surface area contributed by atoms with Gasteiger partial charge in [-0.05, 0) is 38.5 Å². The third-order valence-electron chi connectivity index (χ3n) is 4.56. The lowest BCUT2D eigenvalue weighted by Crippen LogP contribution is -2.16. The summed E-state index contributed by atoms with van der Waals surface area (Å²) in [5.74, 6) is -0.0489. The van der Waals surface area contributed by atoms with E-state index in [0.717, 1.165) is 5.56 Å². The van der Waals surface area contributed by atoms with Crippen molar-refractivity contribution in [1.29, 1.82) is 0 Å². The molecule has 7 nitrogen and oxygen atoms in total. The second-order valence-electron chi connectivity index (χ2n) is 6.39. The molecule has 2 aromatic heterocycles. The van der Waals surface area contributed by atoms with E-state index < -0.39 is 15.8 Å². The number of anilines is 1. The van der Waals surface area contributed by atoms with E-state index in [1.165, 1.54) is 12.1 Å². The smallest absolute Gasteiger partial charge is 0.264 e. The molecule has 0 aliphatic carbocycles. The van der Waals surface area contributed by atoms with Gasteiger partial charge >= 0.3 is 0 Å². The minimum absolute atomic E-state index is 0.00490. The first kappa shape index (κ1) is 19.1. The Morgan fingerprint density at radius 3 is 2.56 bits per heavy atom. The topological polar surface area (TPSA) is 90.0 Å². The summed E-state index contributed by atoms with van der Waals surface area (Å²) in [5, 5.41) is 3.85. The summed E-state index contributed by atoms with van der Waals surface area (Å²) in [6.45, 7) is 7.07. The van der Waals surface area contributed by atoms with Crippen molar-refractivity contribution in [2.75, 3.05) is 4.72 Å². The number of nitrogens with one attached hydrogen (secondary N) is 1. The molecular formula is C18H21FN4O3S. The lowest BCUT2D eigenvalue weighted by molar-refractivity contribution is 0.422. The molecule has 0 saturated carbocycles. The molecule has 3 aromatic rings. The number of aromatic nitrogens is 3. The average Bonchev–Trinajstić information content (AvgIpc) is 3.16. The summed E-state index contributed by atoms with van der Waals surface area (Å²) in [7, 11) is -2.35. The Balaban J connectivity index is 2.18. The monoisotopic (exact) mass is 392 g/mol. The molecule has 2 heterocycles. The minimum Gasteiger partial charge on any atom is -0.350 e. The fraction of sp³-hybridized carbons (Fsp3) is 0.333. The number of hydrogen-bond acceptors (Lipinski definition) is 5. The highest BCUT2D eigenvalue weighted by molar-refractivity contribution is 7.93. The van der Waals surface area contributed by atoms with Crippen LogP contribution in [0.1, 0.15) is 29.7 Å². The number of rotatable bonds is 5. The van der Waals surface area contributed by atoms with Gasteiger partial charge in [-0.3, -0.25) is 4.72 Å². The van der Waals surface area contributed by atoms with Crippen LogP contribution in [0.5, 0.6) is 0 Å². The summed E-state index contributed by atoms with van der Waals surface area (Å²) < 4.78 is 49.7. The molecule has 0 aliphatic rings. The molecule has 0 aliphatic heterocycles. The molecule has 0 fully saturated rings. The number of hydrogen-bond donors (Lipinski definition) is 1. The number of halogens is 1. The maximum atomic E-state index is 14.1. The van der Waals surface area contributed by atoms with E-state index in [2.05, 4.69) is 14.9 Å². The van der Waals surface area contributed by atoms with E-state index >= 15 is 0 Å². The predicted molar refractivity (Wildman–Crippen MR) is 99.5 cm³/mol. The summed E-state index contributed by atoms with van der Waals surface area (Å²) >= 11 is 0. The van der Waals surface area contributed by atoms with Crippen molar-refractivity contribution in [3.05, 3.63) is 46.8 Å². The normalized spacial score (nSPS) is 11.8. The standard InChI is InChI=1S/C18H21FN4O3S/c1-6-15-20-18(26-21-15)16-11(3)23(5)12(4)17(16)27(24,25)22-14-9-10(2)7-8-13(14)19/h7-9,22H,6H2,1-5H3. The molecule has 0 bridgehead atoms. The first-order valence-corrected chi connectivity index (χ1v) is 9.91. The lowest BCUT2D eigenvalue weighted by atomic mass is 10.2. The quantitative estimate of drug-likeness (QED) is 0.718. The number of aryl methyl sites for hydroxylation is 2. The Hall–Kier alpha value is -2.68. The number of benzene rings is 1. The lowest BCUT2D eigenvalue weighted by Gasteiger charge is -2.11. The summed E-state index contributed by atoms with van der Waals surface area (Å²) in [6, 6.07) is 4.24. The maximum absolute atomic E-state index is 14.1. The van der Waals surface area contributed by atoms with Gasteiger partial charge in [-0.15, -0.1) is 0 Å². The maximum Gasteiger partial charge on any atom is 0.264 e. The zero-order valence-corrected chi connectivity index (χ0v) is 16.6. The molecule has 0 radical (unpaired) electrons. The summed E-state index contributed by atoms with van der Waals surface area (Å²) in [5.41, 5.74) is 2.09. The van der Waals surface area contributed by atoms with E-state index in [1.54, 1.807) is 38.5 Å². The Labute approximate surface area is 157 Å². The predicted octanol–water partition coefficient (Wildman–Crippen LogP) is 3.50. The molecule has 0 spiro atoms. The SMILES string of the molecule is CCc1noc(-c2c(S(=O)(=O)Nc3cc(C)ccc3F)c(C)n(C)c2C)n1. The van der Waals surface area contributed by atoms with Crippen molar-refractivity contribution >= 4 is 15.7 Å². The van der Waals surface area contributed by atoms with Gasteiger partial charge in [0.25, 0.3) is 15.9 Å².